The first-order chi connectivity index (χ1) is 22.2. The number of imidazole rings is 4. The van der Waals surface area contributed by atoms with Crippen molar-refractivity contribution in [2.75, 3.05) is 0 Å². The van der Waals surface area contributed by atoms with Gasteiger partial charge >= 0.3 is 0 Å². The molecule has 0 saturated carbocycles. The number of rotatable bonds is 21. The summed E-state index contributed by atoms with van der Waals surface area (Å²) in [5.74, 6) is 1.29. The molecule has 0 radical (unpaired) electrons. The largest absolute Gasteiger partial charge is 0.243 e. The molecule has 0 aliphatic heterocycles. The van der Waals surface area contributed by atoms with Crippen LogP contribution in [0.2, 0.25) is 0 Å². The van der Waals surface area contributed by atoms with E-state index >= 15 is 0 Å². The zero-order valence-corrected chi connectivity index (χ0v) is 30.5. The van der Waals surface area contributed by atoms with Gasteiger partial charge in [0.2, 0.25) is 25.3 Å². The molecular formula is C38H66N8+4. The van der Waals surface area contributed by atoms with Crippen LogP contribution in [0, 0.1) is 11.8 Å². The standard InChI is InChI=1S/C38H66N8/c1-9-36(44-25-20-39(10-2)29-44)15-14-35(8)43-24-22-41(31-43)18-12-13-19-42-23-27-46(32-42)38(34(6)7)17-16-37(28-33(4)5)45-26-21-40(11-3)30-45/h20-27,29-38H,9-19,28H2,1-8H3/q+4. The van der Waals surface area contributed by atoms with Crippen LogP contribution < -0.4 is 18.3 Å². The molecule has 0 aromatic carbocycles. The highest BCUT2D eigenvalue weighted by Gasteiger charge is 2.26. The Morgan fingerprint density at radius 2 is 1.00 bits per heavy atom. The Kier molecular flexibility index (Phi) is 13.7. The monoisotopic (exact) mass is 635 g/mol. The van der Waals surface area contributed by atoms with Gasteiger partial charge in [0, 0.05) is 0 Å². The Balaban J connectivity index is 1.22. The third kappa shape index (κ3) is 10.2. The zero-order valence-electron chi connectivity index (χ0n) is 30.5. The van der Waals surface area contributed by atoms with Gasteiger partial charge in [-0.15, -0.1) is 0 Å². The van der Waals surface area contributed by atoms with Crippen LogP contribution in [0.5, 0.6) is 0 Å². The normalized spacial score (nSPS) is 14.7. The van der Waals surface area contributed by atoms with Crippen LogP contribution in [0.25, 0.3) is 0 Å². The molecule has 0 fully saturated rings. The summed E-state index contributed by atoms with van der Waals surface area (Å²) in [6.45, 7) is 22.7. The van der Waals surface area contributed by atoms with Crippen LogP contribution in [0.4, 0.5) is 0 Å². The van der Waals surface area contributed by atoms with Crippen molar-refractivity contribution < 1.29 is 18.3 Å². The van der Waals surface area contributed by atoms with Gasteiger partial charge < -0.3 is 0 Å². The van der Waals surface area contributed by atoms with Gasteiger partial charge in [-0.25, -0.2) is 36.5 Å². The van der Waals surface area contributed by atoms with Crippen molar-refractivity contribution >= 4 is 0 Å². The zero-order chi connectivity index (χ0) is 33.1. The molecule has 46 heavy (non-hydrogen) atoms. The average Bonchev–Trinajstić information content (AvgIpc) is 3.86. The van der Waals surface area contributed by atoms with Gasteiger partial charge in [0.15, 0.2) is 0 Å². The topological polar surface area (TPSA) is 35.2 Å². The summed E-state index contributed by atoms with van der Waals surface area (Å²) in [5.41, 5.74) is 0. The van der Waals surface area contributed by atoms with E-state index in [1.54, 1.807) is 0 Å². The second kappa shape index (κ2) is 17.7. The van der Waals surface area contributed by atoms with E-state index in [9.17, 15) is 0 Å². The molecule has 4 unspecified atom stereocenters. The van der Waals surface area contributed by atoms with E-state index in [1.165, 1.54) is 51.4 Å². The van der Waals surface area contributed by atoms with Crippen LogP contribution in [0.3, 0.4) is 0 Å². The van der Waals surface area contributed by atoms with Crippen molar-refractivity contribution in [1.29, 1.82) is 0 Å². The highest BCUT2D eigenvalue weighted by molar-refractivity contribution is 4.82. The van der Waals surface area contributed by atoms with Gasteiger partial charge in [0.05, 0.1) is 32.2 Å². The molecule has 4 heterocycles. The number of hydrogen-bond acceptors (Lipinski definition) is 0. The van der Waals surface area contributed by atoms with E-state index in [2.05, 4.69) is 167 Å². The molecule has 0 spiro atoms. The lowest BCUT2D eigenvalue weighted by molar-refractivity contribution is -0.707. The summed E-state index contributed by atoms with van der Waals surface area (Å²) < 4.78 is 19.0. The van der Waals surface area contributed by atoms with Crippen LogP contribution >= 0.6 is 0 Å². The summed E-state index contributed by atoms with van der Waals surface area (Å²) in [7, 11) is 0. The SMILES string of the molecule is CCC(CCC(C)n1cc[n+](CCCC[n+]2ccn(C(CCC(CC(C)C)n3cc[n+](CC)c3)C(C)C)c2)c1)n1cc[n+](CC)c1. The maximum atomic E-state index is 2.48. The van der Waals surface area contributed by atoms with E-state index in [0.717, 1.165) is 26.2 Å². The van der Waals surface area contributed by atoms with Gasteiger partial charge in [-0.05, 0) is 84.0 Å². The predicted octanol–water partition coefficient (Wildman–Crippen LogP) is 6.82. The third-order valence-electron chi connectivity index (χ3n) is 10.1. The molecular weight excluding hydrogens is 568 g/mol. The second-order valence-electron chi connectivity index (χ2n) is 14.4. The van der Waals surface area contributed by atoms with Crippen molar-refractivity contribution in [3.8, 4) is 0 Å². The number of nitrogens with zero attached hydrogens (tertiary/aromatic N) is 8. The molecule has 0 saturated heterocycles. The minimum absolute atomic E-state index is 0.505. The molecule has 254 valence electrons. The quantitative estimate of drug-likeness (QED) is 0.0713. The van der Waals surface area contributed by atoms with Gasteiger partial charge in [-0.2, -0.15) is 0 Å². The summed E-state index contributed by atoms with van der Waals surface area (Å²) in [4.78, 5) is 0. The van der Waals surface area contributed by atoms with E-state index < -0.39 is 0 Å². The van der Waals surface area contributed by atoms with Crippen LogP contribution in [0.15, 0.2) is 74.9 Å². The first-order valence-corrected chi connectivity index (χ1v) is 18.5. The number of hydrogen-bond donors (Lipinski definition) is 0. The summed E-state index contributed by atoms with van der Waals surface area (Å²) in [6.07, 6.45) is 36.8. The van der Waals surface area contributed by atoms with Gasteiger partial charge in [-0.3, -0.25) is 0 Å². The highest BCUT2D eigenvalue weighted by Crippen LogP contribution is 2.30. The highest BCUT2D eigenvalue weighted by atomic mass is 15.2. The summed E-state index contributed by atoms with van der Waals surface area (Å²) in [6, 6.07) is 2.15. The fraction of sp³-hybridized carbons (Fsp3) is 0.684. The van der Waals surface area contributed by atoms with Crippen molar-refractivity contribution in [3.05, 3.63) is 74.9 Å². The number of unbranched alkanes of at least 4 members (excludes halogenated alkanes) is 1. The number of aromatic nitrogens is 8. The molecule has 0 amide bonds. The lowest BCUT2D eigenvalue weighted by Gasteiger charge is -2.21. The van der Waals surface area contributed by atoms with Gasteiger partial charge in [0.25, 0.3) is 0 Å². The van der Waals surface area contributed by atoms with Crippen molar-refractivity contribution in [2.45, 2.75) is 157 Å². The first-order valence-electron chi connectivity index (χ1n) is 18.5. The molecule has 0 aliphatic rings. The van der Waals surface area contributed by atoms with Gasteiger partial charge in [0.1, 0.15) is 67.7 Å². The van der Waals surface area contributed by atoms with E-state index in [-0.39, 0.29) is 0 Å². The lowest BCUT2D eigenvalue weighted by atomic mass is 9.93. The third-order valence-corrected chi connectivity index (χ3v) is 10.1. The van der Waals surface area contributed by atoms with Crippen LogP contribution in [-0.2, 0) is 26.2 Å². The molecule has 4 aromatic heterocycles. The summed E-state index contributed by atoms with van der Waals surface area (Å²) in [5, 5.41) is 0. The fourth-order valence-corrected chi connectivity index (χ4v) is 7.03. The second-order valence-corrected chi connectivity index (χ2v) is 14.4. The molecule has 8 nitrogen and oxygen atoms in total. The van der Waals surface area contributed by atoms with Crippen LogP contribution in [-0.4, -0.2) is 18.3 Å². The van der Waals surface area contributed by atoms with Crippen LogP contribution in [0.1, 0.15) is 131 Å². The Hall–Kier alpha value is -3.16. The van der Waals surface area contributed by atoms with E-state index in [0.29, 0.717) is 36.0 Å². The molecule has 0 aliphatic carbocycles. The Morgan fingerprint density at radius 3 is 1.52 bits per heavy atom. The molecule has 4 aromatic rings. The smallest absolute Gasteiger partial charge is 0.237 e. The summed E-state index contributed by atoms with van der Waals surface area (Å²) >= 11 is 0. The van der Waals surface area contributed by atoms with E-state index in [1.807, 2.05) is 0 Å². The molecule has 0 bridgehead atoms. The lowest BCUT2D eigenvalue weighted by Crippen LogP contribution is -2.34. The fourth-order valence-electron chi connectivity index (χ4n) is 7.03. The van der Waals surface area contributed by atoms with E-state index in [4.69, 9.17) is 0 Å². The maximum absolute atomic E-state index is 2.48. The molecule has 4 atom stereocenters. The van der Waals surface area contributed by atoms with Crippen molar-refractivity contribution in [2.24, 2.45) is 11.8 Å². The molecule has 4 rings (SSSR count). The Bertz CT molecular complexity index is 1410. The van der Waals surface area contributed by atoms with Crippen molar-refractivity contribution in [3.63, 3.8) is 0 Å². The first kappa shape index (κ1) is 35.7. The Morgan fingerprint density at radius 1 is 0.522 bits per heavy atom. The minimum Gasteiger partial charge on any atom is -0.237 e. The number of aryl methyl sites for hydroxylation is 4. The Labute approximate surface area is 279 Å². The molecule has 8 heteroatoms. The minimum atomic E-state index is 0.505. The van der Waals surface area contributed by atoms with Gasteiger partial charge in [-0.1, -0.05) is 34.6 Å². The molecule has 0 N–H and O–H groups in total. The predicted molar refractivity (Wildman–Crippen MR) is 184 cm³/mol. The van der Waals surface area contributed by atoms with Crippen molar-refractivity contribution in [1.82, 2.24) is 18.3 Å². The average molecular weight is 635 g/mol. The maximum Gasteiger partial charge on any atom is 0.243 e.